The molecule has 0 aliphatic rings. The van der Waals surface area contributed by atoms with E-state index in [2.05, 4.69) is 5.10 Å². The van der Waals surface area contributed by atoms with Gasteiger partial charge in [0, 0.05) is 11.9 Å². The predicted molar refractivity (Wildman–Crippen MR) is 78.9 cm³/mol. The Morgan fingerprint density at radius 2 is 2.00 bits per heavy atom. The lowest BCUT2D eigenvalue weighted by molar-refractivity contribution is 0.0699. The molecule has 1 aromatic heterocycles. The normalized spacial score (nSPS) is 10.7. The molecule has 106 valence electrons. The summed E-state index contributed by atoms with van der Waals surface area (Å²) in [6, 6.07) is 10.5. The lowest BCUT2D eigenvalue weighted by atomic mass is 10.0. The first-order chi connectivity index (χ1) is 10.2. The Morgan fingerprint density at radius 3 is 2.67 bits per heavy atom. The average molecular weight is 282 g/mol. The van der Waals surface area contributed by atoms with Crippen LogP contribution in [-0.2, 0) is 6.54 Å². The number of aromatic nitrogens is 2. The molecule has 5 nitrogen and oxygen atoms in total. The zero-order valence-corrected chi connectivity index (χ0v) is 11.5. The van der Waals surface area contributed by atoms with Crippen molar-refractivity contribution in [1.82, 2.24) is 9.78 Å². The van der Waals surface area contributed by atoms with Crippen LogP contribution in [0.5, 0.6) is 11.5 Å². The Morgan fingerprint density at radius 1 is 1.24 bits per heavy atom. The van der Waals surface area contributed by atoms with Crippen molar-refractivity contribution < 1.29 is 14.6 Å². The highest BCUT2D eigenvalue weighted by molar-refractivity contribution is 6.05. The molecule has 0 spiro atoms. The van der Waals surface area contributed by atoms with Crippen LogP contribution in [0.2, 0.25) is 0 Å². The number of aryl methyl sites for hydroxylation is 1. The van der Waals surface area contributed by atoms with Crippen LogP contribution in [0.4, 0.5) is 0 Å². The summed E-state index contributed by atoms with van der Waals surface area (Å²) in [6.45, 7) is 2.76. The summed E-state index contributed by atoms with van der Waals surface area (Å²) in [4.78, 5) is 11.3. The molecule has 3 rings (SSSR count). The largest absolute Gasteiger partial charge is 0.478 e. The van der Waals surface area contributed by atoms with Gasteiger partial charge in [0.15, 0.2) is 5.75 Å². The third-order valence-electron chi connectivity index (χ3n) is 3.28. The highest BCUT2D eigenvalue weighted by Gasteiger charge is 2.12. The van der Waals surface area contributed by atoms with Gasteiger partial charge in [0.1, 0.15) is 5.75 Å². The van der Waals surface area contributed by atoms with Crippen molar-refractivity contribution in [2.45, 2.75) is 13.5 Å². The first-order valence-corrected chi connectivity index (χ1v) is 6.64. The minimum Gasteiger partial charge on any atom is -0.478 e. The summed E-state index contributed by atoms with van der Waals surface area (Å²) < 4.78 is 7.60. The minimum absolute atomic E-state index is 0.266. The Hall–Kier alpha value is -2.82. The molecular formula is C16H14N2O3. The molecule has 0 atom stereocenters. The predicted octanol–water partition coefficient (Wildman–Crippen LogP) is 3.55. The standard InChI is InChI=1S/C16H14N2O3/c1-2-18-10-11(9-17-18)21-15-8-7-14(16(19)20)12-5-3-4-6-13(12)15/h3-10H,2H2,1H3,(H,19,20). The van der Waals surface area contributed by atoms with Crippen LogP contribution in [0.25, 0.3) is 10.8 Å². The van der Waals surface area contributed by atoms with Crippen molar-refractivity contribution in [1.29, 1.82) is 0 Å². The number of carboxylic acids is 1. The van der Waals surface area contributed by atoms with E-state index in [-0.39, 0.29) is 5.56 Å². The van der Waals surface area contributed by atoms with Crippen LogP contribution < -0.4 is 4.74 Å². The number of rotatable bonds is 4. The fraction of sp³-hybridized carbons (Fsp3) is 0.125. The number of nitrogens with zero attached hydrogens (tertiary/aromatic N) is 2. The third-order valence-corrected chi connectivity index (χ3v) is 3.28. The van der Waals surface area contributed by atoms with Crippen LogP contribution in [0.15, 0.2) is 48.8 Å². The van der Waals surface area contributed by atoms with E-state index in [1.807, 2.05) is 25.1 Å². The van der Waals surface area contributed by atoms with Gasteiger partial charge in [0.2, 0.25) is 0 Å². The lowest BCUT2D eigenvalue weighted by Crippen LogP contribution is -1.98. The summed E-state index contributed by atoms with van der Waals surface area (Å²) in [7, 11) is 0. The first-order valence-electron chi connectivity index (χ1n) is 6.64. The first kappa shape index (κ1) is 13.2. The summed E-state index contributed by atoms with van der Waals surface area (Å²) in [5.41, 5.74) is 0.266. The van der Waals surface area contributed by atoms with E-state index in [0.717, 1.165) is 11.9 Å². The quantitative estimate of drug-likeness (QED) is 0.794. The van der Waals surface area contributed by atoms with Gasteiger partial charge in [-0.3, -0.25) is 4.68 Å². The second-order valence-corrected chi connectivity index (χ2v) is 4.60. The Bertz CT molecular complexity index is 808. The molecule has 0 saturated carbocycles. The van der Waals surface area contributed by atoms with Crippen molar-refractivity contribution in [3.63, 3.8) is 0 Å². The highest BCUT2D eigenvalue weighted by atomic mass is 16.5. The van der Waals surface area contributed by atoms with Crippen LogP contribution in [-0.4, -0.2) is 20.9 Å². The Balaban J connectivity index is 2.07. The topological polar surface area (TPSA) is 64.3 Å². The molecule has 5 heteroatoms. The molecule has 0 amide bonds. The van der Waals surface area contributed by atoms with E-state index < -0.39 is 5.97 Å². The van der Waals surface area contributed by atoms with E-state index in [0.29, 0.717) is 16.9 Å². The van der Waals surface area contributed by atoms with E-state index in [9.17, 15) is 9.90 Å². The number of hydrogen-bond donors (Lipinski definition) is 1. The van der Waals surface area contributed by atoms with Crippen LogP contribution >= 0.6 is 0 Å². The maximum atomic E-state index is 11.3. The summed E-state index contributed by atoms with van der Waals surface area (Å²) in [5, 5.41) is 14.8. The molecule has 0 aliphatic heterocycles. The van der Waals surface area contributed by atoms with Gasteiger partial charge < -0.3 is 9.84 Å². The summed E-state index contributed by atoms with van der Waals surface area (Å²) >= 11 is 0. The molecule has 0 saturated heterocycles. The van der Waals surface area contributed by atoms with Crippen molar-refractivity contribution >= 4 is 16.7 Å². The van der Waals surface area contributed by atoms with Crippen LogP contribution in [0, 0.1) is 0 Å². The fourth-order valence-corrected chi connectivity index (χ4v) is 2.24. The molecule has 3 aromatic rings. The van der Waals surface area contributed by atoms with Crippen molar-refractivity contribution in [3.05, 3.63) is 54.4 Å². The van der Waals surface area contributed by atoms with E-state index >= 15 is 0 Å². The Kier molecular flexibility index (Phi) is 3.31. The molecule has 1 N–H and O–H groups in total. The van der Waals surface area contributed by atoms with Gasteiger partial charge in [-0.1, -0.05) is 24.3 Å². The third kappa shape index (κ3) is 2.45. The number of carboxylic acid groups (broad SMARTS) is 1. The number of aromatic carboxylic acids is 1. The molecular weight excluding hydrogens is 268 g/mol. The number of carbonyl (C=O) groups is 1. The van der Waals surface area contributed by atoms with E-state index in [4.69, 9.17) is 4.74 Å². The SMILES string of the molecule is CCn1cc(Oc2ccc(C(=O)O)c3ccccc23)cn1. The minimum atomic E-state index is -0.948. The zero-order chi connectivity index (χ0) is 14.8. The maximum absolute atomic E-state index is 11.3. The summed E-state index contributed by atoms with van der Waals surface area (Å²) in [5.74, 6) is 0.299. The second-order valence-electron chi connectivity index (χ2n) is 4.60. The van der Waals surface area contributed by atoms with Crippen LogP contribution in [0.3, 0.4) is 0 Å². The molecule has 21 heavy (non-hydrogen) atoms. The summed E-state index contributed by atoms with van der Waals surface area (Å²) in [6.07, 6.45) is 3.45. The molecule has 0 fully saturated rings. The molecule has 1 heterocycles. The molecule has 2 aromatic carbocycles. The monoisotopic (exact) mass is 282 g/mol. The fourth-order valence-electron chi connectivity index (χ4n) is 2.24. The van der Waals surface area contributed by atoms with Gasteiger partial charge in [0.25, 0.3) is 0 Å². The van der Waals surface area contributed by atoms with Gasteiger partial charge in [-0.25, -0.2) is 4.79 Å². The van der Waals surface area contributed by atoms with E-state index in [1.54, 1.807) is 35.3 Å². The number of benzene rings is 2. The van der Waals surface area contributed by atoms with Crippen molar-refractivity contribution in [2.75, 3.05) is 0 Å². The average Bonchev–Trinajstić information content (AvgIpc) is 2.95. The Labute approximate surface area is 121 Å². The van der Waals surface area contributed by atoms with Crippen molar-refractivity contribution in [3.8, 4) is 11.5 Å². The highest BCUT2D eigenvalue weighted by Crippen LogP contribution is 2.31. The number of ether oxygens (including phenoxy) is 1. The van der Waals surface area contributed by atoms with E-state index in [1.165, 1.54) is 0 Å². The molecule has 0 bridgehead atoms. The molecule has 0 radical (unpaired) electrons. The lowest BCUT2D eigenvalue weighted by Gasteiger charge is -2.09. The smallest absolute Gasteiger partial charge is 0.336 e. The van der Waals surface area contributed by atoms with Gasteiger partial charge in [0.05, 0.1) is 18.0 Å². The zero-order valence-electron chi connectivity index (χ0n) is 11.5. The van der Waals surface area contributed by atoms with Gasteiger partial charge in [-0.05, 0) is 24.4 Å². The number of fused-ring (bicyclic) bond motifs is 1. The van der Waals surface area contributed by atoms with Gasteiger partial charge >= 0.3 is 5.97 Å². The van der Waals surface area contributed by atoms with Gasteiger partial charge in [-0.2, -0.15) is 5.10 Å². The van der Waals surface area contributed by atoms with Crippen LogP contribution in [0.1, 0.15) is 17.3 Å². The molecule has 0 aliphatic carbocycles. The van der Waals surface area contributed by atoms with Gasteiger partial charge in [-0.15, -0.1) is 0 Å². The van der Waals surface area contributed by atoms with Crippen molar-refractivity contribution in [2.24, 2.45) is 0 Å². The number of hydrogen-bond acceptors (Lipinski definition) is 3. The second kappa shape index (κ2) is 5.28. The maximum Gasteiger partial charge on any atom is 0.336 e. The molecule has 0 unspecified atom stereocenters.